The fourth-order valence-electron chi connectivity index (χ4n) is 2.75. The number of aromatic nitrogens is 1. The molecule has 0 radical (unpaired) electrons. The molecular weight excluding hydrogens is 305 g/mol. The highest BCUT2D eigenvalue weighted by atomic mass is 35.5. The minimum absolute atomic E-state index is 0.0330. The number of Topliss-reactive ketones (excluding diaryl/α,β-unsaturated/α-hetero) is 1. The molecule has 1 heterocycles. The number of hydrogen-bond donors (Lipinski definition) is 0. The fourth-order valence-corrected chi connectivity index (χ4v) is 3.07. The van der Waals surface area contributed by atoms with Gasteiger partial charge in [0.15, 0.2) is 5.78 Å². The molecule has 2 aromatic rings. The van der Waals surface area contributed by atoms with Gasteiger partial charge in [0.25, 0.3) is 0 Å². The summed E-state index contributed by atoms with van der Waals surface area (Å²) in [6.07, 6.45) is 0. The summed E-state index contributed by atoms with van der Waals surface area (Å²) < 4.78 is 2.15. The molecule has 0 amide bonds. The third-order valence-electron chi connectivity index (χ3n) is 3.83. The largest absolute Gasteiger partial charge is 0.341 e. The summed E-state index contributed by atoms with van der Waals surface area (Å²) in [6, 6.07) is 9.82. The molecule has 0 saturated carbocycles. The standard InChI is InChI=1S/C17H19Cl2NO/c1-10-8-16(17(21)11(2)18)13(4)20(10)12(3)14-6-5-7-15(19)9-14/h5-9,11-12H,1-4H3. The van der Waals surface area contributed by atoms with Crippen molar-refractivity contribution < 1.29 is 4.79 Å². The Morgan fingerprint density at radius 3 is 2.43 bits per heavy atom. The van der Waals surface area contributed by atoms with Crippen LogP contribution < -0.4 is 0 Å². The van der Waals surface area contributed by atoms with E-state index in [0.717, 1.165) is 17.0 Å². The minimum atomic E-state index is -0.513. The van der Waals surface area contributed by atoms with E-state index in [9.17, 15) is 4.79 Å². The number of carbonyl (C=O) groups excluding carboxylic acids is 1. The molecule has 0 aliphatic carbocycles. The lowest BCUT2D eigenvalue weighted by atomic mass is 10.1. The summed E-state index contributed by atoms with van der Waals surface area (Å²) in [7, 11) is 0. The van der Waals surface area contributed by atoms with Crippen molar-refractivity contribution in [3.63, 3.8) is 0 Å². The molecule has 4 heteroatoms. The first-order chi connectivity index (χ1) is 9.82. The van der Waals surface area contributed by atoms with E-state index in [1.807, 2.05) is 44.2 Å². The Morgan fingerprint density at radius 2 is 1.86 bits per heavy atom. The zero-order valence-corrected chi connectivity index (χ0v) is 14.2. The van der Waals surface area contributed by atoms with Gasteiger partial charge in [-0.2, -0.15) is 0 Å². The highest BCUT2D eigenvalue weighted by Gasteiger charge is 2.22. The van der Waals surface area contributed by atoms with E-state index < -0.39 is 5.38 Å². The van der Waals surface area contributed by atoms with Gasteiger partial charge in [0.05, 0.1) is 11.4 Å². The topological polar surface area (TPSA) is 22.0 Å². The Hall–Kier alpha value is -1.25. The first-order valence-electron chi connectivity index (χ1n) is 6.95. The normalized spacial score (nSPS) is 14.0. The zero-order chi connectivity index (χ0) is 15.7. The van der Waals surface area contributed by atoms with E-state index in [1.165, 1.54) is 0 Å². The van der Waals surface area contributed by atoms with E-state index in [2.05, 4.69) is 11.5 Å². The molecule has 0 fully saturated rings. The quantitative estimate of drug-likeness (QED) is 0.561. The van der Waals surface area contributed by atoms with E-state index in [-0.39, 0.29) is 11.8 Å². The second kappa shape index (κ2) is 6.25. The Bertz CT molecular complexity index is 673. The molecule has 21 heavy (non-hydrogen) atoms. The van der Waals surface area contributed by atoms with Crippen LogP contribution in [0.3, 0.4) is 0 Å². The van der Waals surface area contributed by atoms with E-state index in [4.69, 9.17) is 23.2 Å². The van der Waals surface area contributed by atoms with Crippen molar-refractivity contribution in [2.24, 2.45) is 0 Å². The third-order valence-corrected chi connectivity index (χ3v) is 4.26. The monoisotopic (exact) mass is 323 g/mol. The maximum absolute atomic E-state index is 12.2. The van der Waals surface area contributed by atoms with Crippen molar-refractivity contribution >= 4 is 29.0 Å². The molecule has 0 aliphatic heterocycles. The lowest BCUT2D eigenvalue weighted by Crippen LogP contribution is -2.14. The SMILES string of the molecule is Cc1cc(C(=O)C(C)Cl)c(C)n1C(C)c1cccc(Cl)c1. The second-order valence-corrected chi connectivity index (χ2v) is 6.46. The third kappa shape index (κ3) is 3.17. The van der Waals surface area contributed by atoms with Crippen molar-refractivity contribution in [2.75, 3.05) is 0 Å². The molecule has 2 atom stereocenters. The first-order valence-corrected chi connectivity index (χ1v) is 7.76. The van der Waals surface area contributed by atoms with Crippen LogP contribution in [-0.2, 0) is 0 Å². The van der Waals surface area contributed by atoms with Crippen molar-refractivity contribution in [3.8, 4) is 0 Å². The predicted octanol–water partition coefficient (Wildman–Crippen LogP) is 5.18. The van der Waals surface area contributed by atoms with Crippen molar-refractivity contribution in [1.82, 2.24) is 4.57 Å². The van der Waals surface area contributed by atoms with Crippen molar-refractivity contribution in [3.05, 3.63) is 57.9 Å². The number of aryl methyl sites for hydroxylation is 1. The van der Waals surface area contributed by atoms with Crippen molar-refractivity contribution in [1.29, 1.82) is 0 Å². The predicted molar refractivity (Wildman–Crippen MR) is 88.8 cm³/mol. The van der Waals surface area contributed by atoms with Gasteiger partial charge in [-0.25, -0.2) is 0 Å². The number of nitrogens with zero attached hydrogens (tertiary/aromatic N) is 1. The van der Waals surface area contributed by atoms with Gasteiger partial charge in [0.1, 0.15) is 0 Å². The van der Waals surface area contributed by atoms with Crippen LogP contribution in [0.2, 0.25) is 5.02 Å². The molecule has 0 aliphatic rings. The zero-order valence-electron chi connectivity index (χ0n) is 12.7. The summed E-state index contributed by atoms with van der Waals surface area (Å²) in [5, 5.41) is 0.202. The summed E-state index contributed by atoms with van der Waals surface area (Å²) in [5.74, 6) is -0.0330. The fraction of sp³-hybridized carbons (Fsp3) is 0.353. The highest BCUT2D eigenvalue weighted by molar-refractivity contribution is 6.33. The number of carbonyl (C=O) groups is 1. The van der Waals surface area contributed by atoms with Crippen LogP contribution in [0, 0.1) is 13.8 Å². The number of ketones is 1. The number of benzene rings is 1. The smallest absolute Gasteiger partial charge is 0.182 e. The Labute approximate surface area is 135 Å². The molecule has 1 aromatic carbocycles. The first kappa shape index (κ1) is 16.1. The van der Waals surface area contributed by atoms with Crippen LogP contribution in [0.4, 0.5) is 0 Å². The number of alkyl halides is 1. The van der Waals surface area contributed by atoms with Gasteiger partial charge in [-0.05, 0) is 51.5 Å². The molecule has 112 valence electrons. The Morgan fingerprint density at radius 1 is 1.19 bits per heavy atom. The summed E-state index contributed by atoms with van der Waals surface area (Å²) in [5.41, 5.74) is 3.80. The number of halogens is 2. The van der Waals surface area contributed by atoms with Crippen LogP contribution >= 0.6 is 23.2 Å². The van der Waals surface area contributed by atoms with Gasteiger partial charge in [0.2, 0.25) is 0 Å². The average molecular weight is 324 g/mol. The van der Waals surface area contributed by atoms with Crippen LogP contribution in [0.15, 0.2) is 30.3 Å². The molecule has 0 bridgehead atoms. The van der Waals surface area contributed by atoms with Crippen LogP contribution in [0.5, 0.6) is 0 Å². The van der Waals surface area contributed by atoms with Gasteiger partial charge in [0, 0.05) is 22.0 Å². The molecular formula is C17H19Cl2NO. The molecule has 1 aromatic heterocycles. The number of hydrogen-bond acceptors (Lipinski definition) is 1. The molecule has 2 nitrogen and oxygen atoms in total. The Balaban J connectivity index is 2.47. The maximum Gasteiger partial charge on any atom is 0.182 e. The second-order valence-electron chi connectivity index (χ2n) is 5.37. The van der Waals surface area contributed by atoms with Crippen molar-refractivity contribution in [2.45, 2.75) is 39.1 Å². The van der Waals surface area contributed by atoms with Gasteiger partial charge in [-0.3, -0.25) is 4.79 Å². The van der Waals surface area contributed by atoms with E-state index in [1.54, 1.807) is 6.92 Å². The summed E-state index contributed by atoms with van der Waals surface area (Å²) >= 11 is 12.0. The van der Waals surface area contributed by atoms with E-state index in [0.29, 0.717) is 10.6 Å². The van der Waals surface area contributed by atoms with Gasteiger partial charge in [-0.1, -0.05) is 23.7 Å². The summed E-state index contributed by atoms with van der Waals surface area (Å²) in [6.45, 7) is 7.77. The van der Waals surface area contributed by atoms with Crippen LogP contribution in [-0.4, -0.2) is 15.7 Å². The molecule has 0 N–H and O–H groups in total. The van der Waals surface area contributed by atoms with Crippen LogP contribution in [0.25, 0.3) is 0 Å². The number of rotatable bonds is 4. The molecule has 0 saturated heterocycles. The highest BCUT2D eigenvalue weighted by Crippen LogP contribution is 2.28. The lowest BCUT2D eigenvalue weighted by Gasteiger charge is -2.19. The van der Waals surface area contributed by atoms with Crippen LogP contribution in [0.1, 0.15) is 47.2 Å². The van der Waals surface area contributed by atoms with E-state index >= 15 is 0 Å². The molecule has 2 unspecified atom stereocenters. The average Bonchev–Trinajstić information content (AvgIpc) is 2.72. The molecule has 0 spiro atoms. The van der Waals surface area contributed by atoms with Gasteiger partial charge in [-0.15, -0.1) is 11.6 Å². The van der Waals surface area contributed by atoms with Gasteiger partial charge >= 0.3 is 0 Å². The van der Waals surface area contributed by atoms with Gasteiger partial charge < -0.3 is 4.57 Å². The minimum Gasteiger partial charge on any atom is -0.341 e. The summed E-state index contributed by atoms with van der Waals surface area (Å²) in [4.78, 5) is 12.2. The molecule has 2 rings (SSSR count). The lowest BCUT2D eigenvalue weighted by molar-refractivity contribution is 0.0991. The Kier molecular flexibility index (Phi) is 4.80. The maximum atomic E-state index is 12.2.